The highest BCUT2D eigenvalue weighted by Gasteiger charge is 2.40. The number of carbonyl (C=O) groups is 2. The molecule has 1 saturated heterocycles. The van der Waals surface area contributed by atoms with Crippen LogP contribution in [0.3, 0.4) is 0 Å². The highest BCUT2D eigenvalue weighted by molar-refractivity contribution is 7.89. The van der Waals surface area contributed by atoms with E-state index in [1.165, 1.54) is 12.1 Å². The number of carbonyl (C=O) groups excluding carboxylic acids is 1. The quantitative estimate of drug-likeness (QED) is 0.831. The van der Waals surface area contributed by atoms with Gasteiger partial charge in [-0.15, -0.1) is 0 Å². The van der Waals surface area contributed by atoms with Crippen molar-refractivity contribution in [2.75, 3.05) is 18.5 Å². The lowest BCUT2D eigenvalue weighted by Gasteiger charge is -2.24. The largest absolute Gasteiger partial charge is 0.482 e. The second kappa shape index (κ2) is 5.50. The van der Waals surface area contributed by atoms with Gasteiger partial charge in [0.25, 0.3) is 5.91 Å². The Labute approximate surface area is 133 Å². The average molecular weight is 340 g/mol. The van der Waals surface area contributed by atoms with Crippen LogP contribution in [0.1, 0.15) is 18.4 Å². The number of sulfonamides is 1. The standard InChI is InChI=1S/C14H16N2O6S/c1-8-5-11-9(15-13(17)7-22-11)6-12(8)23(20,21)16-4-2-3-10(16)14(18)19/h5-6,10H,2-4,7H2,1H3,(H,15,17)(H,18,19)/t10-/m1/s1. The van der Waals surface area contributed by atoms with E-state index >= 15 is 0 Å². The molecule has 2 aliphatic rings. The minimum absolute atomic E-state index is 0.0183. The van der Waals surface area contributed by atoms with E-state index in [4.69, 9.17) is 4.74 Å². The molecule has 0 aliphatic carbocycles. The van der Waals surface area contributed by atoms with Crippen LogP contribution in [0.5, 0.6) is 5.75 Å². The van der Waals surface area contributed by atoms with Gasteiger partial charge < -0.3 is 15.2 Å². The number of anilines is 1. The van der Waals surface area contributed by atoms with Gasteiger partial charge in [-0.25, -0.2) is 8.42 Å². The molecular formula is C14H16N2O6S. The van der Waals surface area contributed by atoms with E-state index in [1.807, 2.05) is 0 Å². The molecular weight excluding hydrogens is 324 g/mol. The highest BCUT2D eigenvalue weighted by Crippen LogP contribution is 2.35. The number of fused-ring (bicyclic) bond motifs is 1. The number of hydrogen-bond acceptors (Lipinski definition) is 5. The number of nitrogens with zero attached hydrogens (tertiary/aromatic N) is 1. The van der Waals surface area contributed by atoms with Crippen molar-refractivity contribution in [1.29, 1.82) is 0 Å². The Morgan fingerprint density at radius 2 is 2.17 bits per heavy atom. The van der Waals surface area contributed by atoms with Crippen LogP contribution in [0, 0.1) is 6.92 Å². The lowest BCUT2D eigenvalue weighted by Crippen LogP contribution is -2.40. The van der Waals surface area contributed by atoms with Crippen LogP contribution >= 0.6 is 0 Å². The molecule has 2 aliphatic heterocycles. The fourth-order valence-electron chi connectivity index (χ4n) is 2.89. The van der Waals surface area contributed by atoms with Crippen molar-refractivity contribution >= 4 is 27.6 Å². The van der Waals surface area contributed by atoms with Crippen LogP contribution in [0.15, 0.2) is 17.0 Å². The average Bonchev–Trinajstić information content (AvgIpc) is 2.97. The molecule has 1 amide bonds. The van der Waals surface area contributed by atoms with E-state index in [-0.39, 0.29) is 29.6 Å². The molecule has 9 heteroatoms. The Bertz CT molecular complexity index is 789. The number of carboxylic acids is 1. The third-order valence-electron chi connectivity index (χ3n) is 3.99. The molecule has 1 atom stereocenters. The lowest BCUT2D eigenvalue weighted by atomic mass is 10.2. The van der Waals surface area contributed by atoms with Crippen LogP contribution in [0.2, 0.25) is 0 Å². The van der Waals surface area contributed by atoms with E-state index in [1.54, 1.807) is 6.92 Å². The van der Waals surface area contributed by atoms with Gasteiger partial charge in [-0.3, -0.25) is 9.59 Å². The Morgan fingerprint density at radius 1 is 1.43 bits per heavy atom. The SMILES string of the molecule is Cc1cc2c(cc1S(=O)(=O)N1CCC[C@@H]1C(=O)O)NC(=O)CO2. The van der Waals surface area contributed by atoms with Crippen molar-refractivity contribution in [3.8, 4) is 5.75 Å². The minimum atomic E-state index is -3.97. The molecule has 0 bridgehead atoms. The molecule has 0 spiro atoms. The molecule has 1 aromatic rings. The highest BCUT2D eigenvalue weighted by atomic mass is 32.2. The van der Waals surface area contributed by atoms with Gasteiger partial charge in [0, 0.05) is 6.54 Å². The van der Waals surface area contributed by atoms with E-state index in [0.29, 0.717) is 24.2 Å². The predicted molar refractivity (Wildman–Crippen MR) is 79.9 cm³/mol. The fraction of sp³-hybridized carbons (Fsp3) is 0.429. The van der Waals surface area contributed by atoms with Crippen molar-refractivity contribution in [2.24, 2.45) is 0 Å². The first-order valence-electron chi connectivity index (χ1n) is 7.12. The maximum absolute atomic E-state index is 12.8. The Hall–Kier alpha value is -2.13. The molecule has 23 heavy (non-hydrogen) atoms. The zero-order valence-electron chi connectivity index (χ0n) is 12.4. The normalized spacial score (nSPS) is 21.4. The second-order valence-corrected chi connectivity index (χ2v) is 7.42. The molecule has 2 heterocycles. The summed E-state index contributed by atoms with van der Waals surface area (Å²) in [6.45, 7) is 1.66. The van der Waals surface area contributed by atoms with Crippen LogP contribution in [-0.2, 0) is 19.6 Å². The lowest BCUT2D eigenvalue weighted by molar-refractivity contribution is -0.140. The van der Waals surface area contributed by atoms with E-state index in [2.05, 4.69) is 5.32 Å². The molecule has 0 unspecified atom stereocenters. The minimum Gasteiger partial charge on any atom is -0.482 e. The zero-order valence-corrected chi connectivity index (χ0v) is 13.2. The summed E-state index contributed by atoms with van der Waals surface area (Å²) in [5, 5.41) is 11.8. The fourth-order valence-corrected chi connectivity index (χ4v) is 4.77. The maximum Gasteiger partial charge on any atom is 0.322 e. The Morgan fingerprint density at radius 3 is 2.87 bits per heavy atom. The number of amides is 1. The summed E-state index contributed by atoms with van der Waals surface area (Å²) < 4.78 is 32.0. The van der Waals surface area contributed by atoms with Gasteiger partial charge in [0.05, 0.1) is 10.6 Å². The molecule has 1 fully saturated rings. The number of rotatable bonds is 3. The third-order valence-corrected chi connectivity index (χ3v) is 6.04. The Kier molecular flexibility index (Phi) is 3.77. The summed E-state index contributed by atoms with van der Waals surface area (Å²) in [6.07, 6.45) is 0.790. The number of aliphatic carboxylic acids is 1. The van der Waals surface area contributed by atoms with Gasteiger partial charge >= 0.3 is 5.97 Å². The Balaban J connectivity index is 2.05. The molecule has 8 nitrogen and oxygen atoms in total. The topological polar surface area (TPSA) is 113 Å². The number of hydrogen-bond donors (Lipinski definition) is 2. The number of ether oxygens (including phenoxy) is 1. The predicted octanol–water partition coefficient (Wildman–Crippen LogP) is 0.564. The van der Waals surface area contributed by atoms with Gasteiger partial charge in [0.15, 0.2) is 6.61 Å². The van der Waals surface area contributed by atoms with E-state index in [0.717, 1.165) is 4.31 Å². The van der Waals surface area contributed by atoms with E-state index < -0.39 is 22.0 Å². The first-order valence-corrected chi connectivity index (χ1v) is 8.56. The summed E-state index contributed by atoms with van der Waals surface area (Å²) >= 11 is 0. The van der Waals surface area contributed by atoms with Gasteiger partial charge in [0.2, 0.25) is 10.0 Å². The van der Waals surface area contributed by atoms with Gasteiger partial charge in [-0.1, -0.05) is 0 Å². The van der Waals surface area contributed by atoms with Crippen molar-refractivity contribution in [3.63, 3.8) is 0 Å². The first kappa shape index (κ1) is 15.8. The molecule has 1 aromatic carbocycles. The molecule has 0 saturated carbocycles. The van der Waals surface area contributed by atoms with Crippen molar-refractivity contribution < 1.29 is 27.9 Å². The number of carboxylic acid groups (broad SMARTS) is 1. The van der Waals surface area contributed by atoms with Crippen molar-refractivity contribution in [2.45, 2.75) is 30.7 Å². The van der Waals surface area contributed by atoms with Crippen molar-refractivity contribution in [3.05, 3.63) is 17.7 Å². The smallest absolute Gasteiger partial charge is 0.322 e. The van der Waals surface area contributed by atoms with Crippen LogP contribution < -0.4 is 10.1 Å². The first-order chi connectivity index (χ1) is 10.8. The summed E-state index contributed by atoms with van der Waals surface area (Å²) in [7, 11) is -3.97. The molecule has 0 radical (unpaired) electrons. The summed E-state index contributed by atoms with van der Waals surface area (Å²) in [6, 6.07) is 1.81. The maximum atomic E-state index is 12.8. The van der Waals surface area contributed by atoms with Gasteiger partial charge in [-0.05, 0) is 37.5 Å². The summed E-state index contributed by atoms with van der Waals surface area (Å²) in [4.78, 5) is 22.6. The summed E-state index contributed by atoms with van der Waals surface area (Å²) in [5.74, 6) is -1.12. The van der Waals surface area contributed by atoms with Gasteiger partial charge in [-0.2, -0.15) is 4.31 Å². The van der Waals surface area contributed by atoms with Crippen LogP contribution in [0.4, 0.5) is 5.69 Å². The second-order valence-electron chi connectivity index (χ2n) is 5.56. The van der Waals surface area contributed by atoms with E-state index in [9.17, 15) is 23.1 Å². The summed E-state index contributed by atoms with van der Waals surface area (Å²) in [5.41, 5.74) is 0.715. The number of aryl methyl sites for hydroxylation is 1. The molecule has 0 aromatic heterocycles. The molecule has 2 N–H and O–H groups in total. The number of nitrogens with one attached hydrogen (secondary N) is 1. The van der Waals surface area contributed by atoms with Crippen LogP contribution in [0.25, 0.3) is 0 Å². The van der Waals surface area contributed by atoms with Gasteiger partial charge in [0.1, 0.15) is 11.8 Å². The third kappa shape index (κ3) is 2.66. The number of benzene rings is 1. The van der Waals surface area contributed by atoms with Crippen molar-refractivity contribution in [1.82, 2.24) is 4.31 Å². The molecule has 124 valence electrons. The monoisotopic (exact) mass is 340 g/mol. The zero-order chi connectivity index (χ0) is 16.8. The van der Waals surface area contributed by atoms with Crippen LogP contribution in [-0.4, -0.2) is 48.9 Å². The molecule has 3 rings (SSSR count).